The Bertz CT molecular complexity index is 322. The summed E-state index contributed by atoms with van der Waals surface area (Å²) < 4.78 is 36.7. The lowest BCUT2D eigenvalue weighted by molar-refractivity contribution is -0.137. The van der Waals surface area contributed by atoms with Crippen LogP contribution in [0.25, 0.3) is 0 Å². The summed E-state index contributed by atoms with van der Waals surface area (Å²) in [5.41, 5.74) is -0.0982. The summed E-state index contributed by atoms with van der Waals surface area (Å²) in [5, 5.41) is 6.12. The Morgan fingerprint density at radius 3 is 2.53 bits per heavy atom. The van der Waals surface area contributed by atoms with Crippen LogP contribution in [0.4, 0.5) is 13.2 Å². The molecule has 0 fully saturated rings. The monoisotopic (exact) mass is 247 g/mol. The van der Waals surface area contributed by atoms with Crippen molar-refractivity contribution in [2.24, 2.45) is 0 Å². The van der Waals surface area contributed by atoms with Gasteiger partial charge in [-0.05, 0) is 38.7 Å². The molecule has 6 heteroatoms. The van der Waals surface area contributed by atoms with E-state index < -0.39 is 11.7 Å². The van der Waals surface area contributed by atoms with Gasteiger partial charge in [0.1, 0.15) is 0 Å². The number of pyridine rings is 1. The molecule has 1 heterocycles. The molecule has 1 aromatic heterocycles. The van der Waals surface area contributed by atoms with Crippen molar-refractivity contribution in [3.8, 4) is 0 Å². The minimum absolute atomic E-state index is 0.488. The maximum atomic E-state index is 12.2. The summed E-state index contributed by atoms with van der Waals surface area (Å²) in [6.07, 6.45) is -2.48. The van der Waals surface area contributed by atoms with Gasteiger partial charge in [0.25, 0.3) is 0 Å². The van der Waals surface area contributed by atoms with E-state index in [2.05, 4.69) is 15.6 Å². The molecule has 0 amide bonds. The highest BCUT2D eigenvalue weighted by Gasteiger charge is 2.30. The molecule has 1 aromatic rings. The van der Waals surface area contributed by atoms with Gasteiger partial charge in [-0.3, -0.25) is 4.98 Å². The van der Waals surface area contributed by atoms with Crippen LogP contribution in [0.3, 0.4) is 0 Å². The summed E-state index contributed by atoms with van der Waals surface area (Å²) in [6.45, 7) is 2.21. The van der Waals surface area contributed by atoms with E-state index in [1.54, 1.807) is 0 Å². The Kier molecular flexibility index (Phi) is 5.37. The third-order valence-electron chi connectivity index (χ3n) is 2.24. The lowest BCUT2D eigenvalue weighted by Crippen LogP contribution is -2.20. The summed E-state index contributed by atoms with van der Waals surface area (Å²) in [4.78, 5) is 3.76. The van der Waals surface area contributed by atoms with E-state index in [0.717, 1.165) is 31.8 Å². The van der Waals surface area contributed by atoms with Crippen LogP contribution in [0.5, 0.6) is 0 Å². The quantitative estimate of drug-likeness (QED) is 0.753. The van der Waals surface area contributed by atoms with Gasteiger partial charge in [-0.15, -0.1) is 0 Å². The number of rotatable bonds is 6. The maximum Gasteiger partial charge on any atom is 0.417 e. The maximum absolute atomic E-state index is 12.2. The van der Waals surface area contributed by atoms with Crippen molar-refractivity contribution in [2.75, 3.05) is 20.1 Å². The lowest BCUT2D eigenvalue weighted by Gasteiger charge is -2.07. The fourth-order valence-corrected chi connectivity index (χ4v) is 1.30. The first-order chi connectivity index (χ1) is 8.04. The second-order valence-electron chi connectivity index (χ2n) is 3.67. The standard InChI is InChI=1S/C11H16F3N3/c1-15-5-2-6-16-8-10-4-3-9(7-17-10)11(12,13)14/h3-4,7,15-16H,2,5-6,8H2,1H3. The Balaban J connectivity index is 2.36. The van der Waals surface area contributed by atoms with Crippen molar-refractivity contribution in [1.82, 2.24) is 15.6 Å². The number of nitrogens with one attached hydrogen (secondary N) is 2. The summed E-state index contributed by atoms with van der Waals surface area (Å²) in [7, 11) is 1.87. The van der Waals surface area contributed by atoms with Crippen molar-refractivity contribution >= 4 is 0 Å². The van der Waals surface area contributed by atoms with Crippen molar-refractivity contribution in [1.29, 1.82) is 0 Å². The van der Waals surface area contributed by atoms with Gasteiger partial charge in [-0.25, -0.2) is 0 Å². The van der Waals surface area contributed by atoms with Gasteiger partial charge in [-0.1, -0.05) is 0 Å². The first-order valence-electron chi connectivity index (χ1n) is 5.41. The van der Waals surface area contributed by atoms with Crippen LogP contribution >= 0.6 is 0 Å². The zero-order valence-corrected chi connectivity index (χ0v) is 9.64. The summed E-state index contributed by atoms with van der Waals surface area (Å²) in [5.74, 6) is 0. The van der Waals surface area contributed by atoms with Crippen molar-refractivity contribution in [3.05, 3.63) is 29.6 Å². The Labute approximate surface area is 98.4 Å². The number of hydrogen-bond acceptors (Lipinski definition) is 3. The van der Waals surface area contributed by atoms with Gasteiger partial charge in [0.15, 0.2) is 0 Å². The van der Waals surface area contributed by atoms with Crippen molar-refractivity contribution in [2.45, 2.75) is 19.1 Å². The van der Waals surface area contributed by atoms with E-state index in [4.69, 9.17) is 0 Å². The average molecular weight is 247 g/mol. The smallest absolute Gasteiger partial charge is 0.320 e. The molecule has 0 bridgehead atoms. The topological polar surface area (TPSA) is 37.0 Å². The molecule has 0 aliphatic heterocycles. The highest BCUT2D eigenvalue weighted by Crippen LogP contribution is 2.28. The van der Waals surface area contributed by atoms with Crippen LogP contribution in [0.2, 0.25) is 0 Å². The molecule has 0 saturated heterocycles. The zero-order chi connectivity index (χ0) is 12.7. The Hall–Kier alpha value is -1.14. The van der Waals surface area contributed by atoms with Crippen molar-refractivity contribution < 1.29 is 13.2 Å². The number of halogens is 3. The number of alkyl halides is 3. The number of nitrogens with zero attached hydrogens (tertiary/aromatic N) is 1. The van der Waals surface area contributed by atoms with E-state index in [0.29, 0.717) is 12.2 Å². The molecule has 1 rings (SSSR count). The van der Waals surface area contributed by atoms with Crippen LogP contribution in [0.15, 0.2) is 18.3 Å². The first-order valence-corrected chi connectivity index (χ1v) is 5.41. The fraction of sp³-hybridized carbons (Fsp3) is 0.545. The molecule has 0 aromatic carbocycles. The van der Waals surface area contributed by atoms with Crippen LogP contribution < -0.4 is 10.6 Å². The molecule has 0 unspecified atom stereocenters. The predicted octanol–water partition coefficient (Wildman–Crippen LogP) is 1.80. The van der Waals surface area contributed by atoms with Crippen LogP contribution in [0, 0.1) is 0 Å². The second kappa shape index (κ2) is 6.56. The summed E-state index contributed by atoms with van der Waals surface area (Å²) in [6, 6.07) is 2.45. The molecule has 3 nitrogen and oxygen atoms in total. The molecule has 0 aliphatic rings. The van der Waals surface area contributed by atoms with Gasteiger partial charge in [0.05, 0.1) is 11.3 Å². The molecular formula is C11H16F3N3. The van der Waals surface area contributed by atoms with Gasteiger partial charge >= 0.3 is 6.18 Å². The normalized spacial score (nSPS) is 11.8. The highest BCUT2D eigenvalue weighted by atomic mass is 19.4. The third-order valence-corrected chi connectivity index (χ3v) is 2.24. The van der Waals surface area contributed by atoms with E-state index in [1.165, 1.54) is 6.07 Å². The van der Waals surface area contributed by atoms with E-state index in [1.807, 2.05) is 7.05 Å². The Morgan fingerprint density at radius 2 is 2.00 bits per heavy atom. The van der Waals surface area contributed by atoms with Crippen molar-refractivity contribution in [3.63, 3.8) is 0 Å². The first kappa shape index (κ1) is 13.9. The van der Waals surface area contributed by atoms with Gasteiger partial charge in [0, 0.05) is 12.7 Å². The van der Waals surface area contributed by atoms with Gasteiger partial charge < -0.3 is 10.6 Å². The fourth-order valence-electron chi connectivity index (χ4n) is 1.30. The minimum Gasteiger partial charge on any atom is -0.320 e. The predicted molar refractivity (Wildman–Crippen MR) is 59.5 cm³/mol. The zero-order valence-electron chi connectivity index (χ0n) is 9.64. The average Bonchev–Trinajstić information content (AvgIpc) is 2.28. The highest BCUT2D eigenvalue weighted by molar-refractivity contribution is 5.16. The number of aromatic nitrogens is 1. The van der Waals surface area contributed by atoms with Crippen LogP contribution in [0.1, 0.15) is 17.7 Å². The van der Waals surface area contributed by atoms with Crippen LogP contribution in [-0.2, 0) is 12.7 Å². The molecule has 0 saturated carbocycles. The molecule has 0 spiro atoms. The second-order valence-corrected chi connectivity index (χ2v) is 3.67. The van der Waals surface area contributed by atoms with Gasteiger partial charge in [0.2, 0.25) is 0 Å². The van der Waals surface area contributed by atoms with Gasteiger partial charge in [-0.2, -0.15) is 13.2 Å². The molecule has 2 N–H and O–H groups in total. The molecular weight excluding hydrogens is 231 g/mol. The molecule has 17 heavy (non-hydrogen) atoms. The summed E-state index contributed by atoms with van der Waals surface area (Å²) >= 11 is 0. The lowest BCUT2D eigenvalue weighted by atomic mass is 10.2. The van der Waals surface area contributed by atoms with E-state index in [9.17, 15) is 13.2 Å². The SMILES string of the molecule is CNCCCNCc1ccc(C(F)(F)F)cn1. The third kappa shape index (κ3) is 5.14. The molecule has 0 atom stereocenters. The molecule has 0 radical (unpaired) electrons. The molecule has 0 aliphatic carbocycles. The number of hydrogen-bond donors (Lipinski definition) is 2. The largest absolute Gasteiger partial charge is 0.417 e. The van der Waals surface area contributed by atoms with E-state index >= 15 is 0 Å². The molecule has 96 valence electrons. The van der Waals surface area contributed by atoms with Crippen LogP contribution in [-0.4, -0.2) is 25.1 Å². The van der Waals surface area contributed by atoms with E-state index in [-0.39, 0.29) is 0 Å². The Morgan fingerprint density at radius 1 is 1.24 bits per heavy atom. The minimum atomic E-state index is -4.31.